The average molecular weight is 550 g/mol. The molecular formula is C40H39NO. The van der Waals surface area contributed by atoms with E-state index in [1.807, 2.05) is 12.1 Å². The molecule has 2 heteroatoms. The molecule has 2 N–H and O–H groups in total. The SMILES string of the molecule is CCCCC(CC)COc1ccc(-c2c3ccccc3c(-c3ccc(-c4ccc(N)cc4)cc3)c3ccccc23)cc1. The average Bonchev–Trinajstić information content (AvgIpc) is 3.04. The predicted molar refractivity (Wildman–Crippen MR) is 181 cm³/mol. The van der Waals surface area contributed by atoms with Crippen LogP contribution in [0.15, 0.2) is 121 Å². The highest BCUT2D eigenvalue weighted by Crippen LogP contribution is 2.44. The van der Waals surface area contributed by atoms with Gasteiger partial charge in [0, 0.05) is 5.69 Å². The molecule has 0 spiro atoms. The zero-order valence-corrected chi connectivity index (χ0v) is 24.6. The Morgan fingerprint density at radius 2 is 0.976 bits per heavy atom. The van der Waals surface area contributed by atoms with Crippen molar-refractivity contribution in [1.82, 2.24) is 0 Å². The third kappa shape index (κ3) is 5.63. The van der Waals surface area contributed by atoms with Crippen molar-refractivity contribution in [3.8, 4) is 39.1 Å². The number of benzene rings is 6. The summed E-state index contributed by atoms with van der Waals surface area (Å²) >= 11 is 0. The van der Waals surface area contributed by atoms with E-state index in [4.69, 9.17) is 10.5 Å². The number of nitrogens with two attached hydrogens (primary N) is 1. The van der Waals surface area contributed by atoms with E-state index in [1.165, 1.54) is 74.2 Å². The summed E-state index contributed by atoms with van der Waals surface area (Å²) in [6.07, 6.45) is 4.90. The second-order valence-corrected chi connectivity index (χ2v) is 11.3. The molecule has 6 aromatic carbocycles. The summed E-state index contributed by atoms with van der Waals surface area (Å²) in [6, 6.07) is 43.3. The minimum absolute atomic E-state index is 0.616. The number of rotatable bonds is 10. The summed E-state index contributed by atoms with van der Waals surface area (Å²) in [5.74, 6) is 1.56. The second kappa shape index (κ2) is 12.5. The summed E-state index contributed by atoms with van der Waals surface area (Å²) in [7, 11) is 0. The Morgan fingerprint density at radius 3 is 1.43 bits per heavy atom. The van der Waals surface area contributed by atoms with E-state index in [-0.39, 0.29) is 0 Å². The van der Waals surface area contributed by atoms with Crippen LogP contribution < -0.4 is 10.5 Å². The number of anilines is 1. The maximum absolute atomic E-state index is 6.24. The van der Waals surface area contributed by atoms with Gasteiger partial charge in [-0.15, -0.1) is 0 Å². The molecule has 210 valence electrons. The molecule has 0 bridgehead atoms. The molecule has 0 saturated carbocycles. The maximum atomic E-state index is 6.24. The molecule has 0 radical (unpaired) electrons. The largest absolute Gasteiger partial charge is 0.493 e. The smallest absolute Gasteiger partial charge is 0.119 e. The lowest BCUT2D eigenvalue weighted by Crippen LogP contribution is -2.11. The van der Waals surface area contributed by atoms with Crippen LogP contribution in [0.2, 0.25) is 0 Å². The molecule has 0 fully saturated rings. The van der Waals surface area contributed by atoms with Gasteiger partial charge in [-0.3, -0.25) is 0 Å². The first-order valence-electron chi connectivity index (χ1n) is 15.3. The van der Waals surface area contributed by atoms with Crippen LogP contribution in [-0.4, -0.2) is 6.61 Å². The molecular weight excluding hydrogens is 510 g/mol. The van der Waals surface area contributed by atoms with Crippen LogP contribution in [0.4, 0.5) is 5.69 Å². The lowest BCUT2D eigenvalue weighted by atomic mass is 9.85. The zero-order valence-electron chi connectivity index (χ0n) is 24.6. The number of hydrogen-bond acceptors (Lipinski definition) is 2. The van der Waals surface area contributed by atoms with Crippen molar-refractivity contribution in [2.24, 2.45) is 5.92 Å². The third-order valence-electron chi connectivity index (χ3n) is 8.52. The van der Waals surface area contributed by atoms with Gasteiger partial charge in [-0.1, -0.05) is 130 Å². The maximum Gasteiger partial charge on any atom is 0.119 e. The first-order valence-corrected chi connectivity index (χ1v) is 15.3. The standard InChI is InChI=1S/C40H39NO/c1-3-5-10-28(4-2)27-42-34-25-21-32(22-26-34)40-37-13-8-6-11-35(37)39(36-12-7-9-14-38(36)40)31-17-15-29(16-18-31)30-19-23-33(41)24-20-30/h6-9,11-26,28H,3-5,10,27,41H2,1-2H3. The Bertz CT molecular complexity index is 1730. The van der Waals surface area contributed by atoms with E-state index in [0.29, 0.717) is 5.92 Å². The predicted octanol–water partition coefficient (Wildman–Crippen LogP) is 11.2. The quantitative estimate of drug-likeness (QED) is 0.136. The lowest BCUT2D eigenvalue weighted by molar-refractivity contribution is 0.233. The van der Waals surface area contributed by atoms with E-state index in [1.54, 1.807) is 0 Å². The molecule has 0 aliphatic rings. The van der Waals surface area contributed by atoms with Crippen molar-refractivity contribution in [2.75, 3.05) is 12.3 Å². The number of unbranched alkanes of at least 4 members (excludes halogenated alkanes) is 1. The Kier molecular flexibility index (Phi) is 8.23. The fourth-order valence-electron chi connectivity index (χ4n) is 6.09. The highest BCUT2D eigenvalue weighted by atomic mass is 16.5. The van der Waals surface area contributed by atoms with Crippen LogP contribution in [-0.2, 0) is 0 Å². The number of ether oxygens (including phenoxy) is 1. The first kappa shape index (κ1) is 27.6. The molecule has 42 heavy (non-hydrogen) atoms. The van der Waals surface area contributed by atoms with Gasteiger partial charge in [-0.25, -0.2) is 0 Å². The summed E-state index contributed by atoms with van der Waals surface area (Å²) in [5, 5.41) is 5.03. The second-order valence-electron chi connectivity index (χ2n) is 11.3. The van der Waals surface area contributed by atoms with Gasteiger partial charge in [0.2, 0.25) is 0 Å². The molecule has 6 aromatic rings. The van der Waals surface area contributed by atoms with E-state index < -0.39 is 0 Å². The summed E-state index contributed by atoms with van der Waals surface area (Å²) in [4.78, 5) is 0. The van der Waals surface area contributed by atoms with Crippen LogP contribution in [0.1, 0.15) is 39.5 Å². The monoisotopic (exact) mass is 549 g/mol. The van der Waals surface area contributed by atoms with E-state index in [2.05, 4.69) is 123 Å². The van der Waals surface area contributed by atoms with Crippen LogP contribution in [0, 0.1) is 5.92 Å². The van der Waals surface area contributed by atoms with Crippen molar-refractivity contribution in [3.05, 3.63) is 121 Å². The molecule has 6 rings (SSSR count). The van der Waals surface area contributed by atoms with Crippen molar-refractivity contribution in [2.45, 2.75) is 39.5 Å². The molecule has 1 atom stereocenters. The van der Waals surface area contributed by atoms with Crippen LogP contribution in [0.3, 0.4) is 0 Å². The van der Waals surface area contributed by atoms with Crippen LogP contribution in [0.25, 0.3) is 54.9 Å². The van der Waals surface area contributed by atoms with Gasteiger partial charge in [0.05, 0.1) is 6.61 Å². The topological polar surface area (TPSA) is 35.2 Å². The highest BCUT2D eigenvalue weighted by molar-refractivity contribution is 6.21. The number of fused-ring (bicyclic) bond motifs is 2. The normalized spacial score (nSPS) is 12.0. The third-order valence-corrected chi connectivity index (χ3v) is 8.52. The molecule has 0 amide bonds. The lowest BCUT2D eigenvalue weighted by Gasteiger charge is -2.18. The Morgan fingerprint density at radius 1 is 0.548 bits per heavy atom. The van der Waals surface area contributed by atoms with Gasteiger partial charge in [0.25, 0.3) is 0 Å². The van der Waals surface area contributed by atoms with Gasteiger partial charge < -0.3 is 10.5 Å². The van der Waals surface area contributed by atoms with Crippen molar-refractivity contribution < 1.29 is 4.74 Å². The molecule has 0 saturated heterocycles. The van der Waals surface area contributed by atoms with Gasteiger partial charge in [-0.2, -0.15) is 0 Å². The fourth-order valence-corrected chi connectivity index (χ4v) is 6.09. The minimum atomic E-state index is 0.616. The van der Waals surface area contributed by atoms with Gasteiger partial charge in [0.15, 0.2) is 0 Å². The summed E-state index contributed by atoms with van der Waals surface area (Å²) < 4.78 is 6.24. The van der Waals surface area contributed by atoms with Crippen LogP contribution >= 0.6 is 0 Å². The fraction of sp³-hybridized carbons (Fsp3) is 0.200. The first-order chi connectivity index (χ1) is 20.7. The van der Waals surface area contributed by atoms with Crippen molar-refractivity contribution in [3.63, 3.8) is 0 Å². The van der Waals surface area contributed by atoms with E-state index >= 15 is 0 Å². The zero-order chi connectivity index (χ0) is 28.9. The van der Waals surface area contributed by atoms with Gasteiger partial charge in [-0.05, 0) is 91.5 Å². The molecule has 1 unspecified atom stereocenters. The Balaban J connectivity index is 1.40. The van der Waals surface area contributed by atoms with Crippen LogP contribution in [0.5, 0.6) is 5.75 Å². The number of hydrogen-bond donors (Lipinski definition) is 1. The van der Waals surface area contributed by atoms with E-state index in [0.717, 1.165) is 24.5 Å². The highest BCUT2D eigenvalue weighted by Gasteiger charge is 2.17. The Hall–Kier alpha value is -4.56. The van der Waals surface area contributed by atoms with Crippen molar-refractivity contribution in [1.29, 1.82) is 0 Å². The molecule has 0 heterocycles. The molecule has 0 aliphatic carbocycles. The van der Waals surface area contributed by atoms with Gasteiger partial charge >= 0.3 is 0 Å². The Labute approximate surface area is 249 Å². The summed E-state index contributed by atoms with van der Waals surface area (Å²) in [5.41, 5.74) is 14.0. The summed E-state index contributed by atoms with van der Waals surface area (Å²) in [6.45, 7) is 5.30. The van der Waals surface area contributed by atoms with Gasteiger partial charge in [0.1, 0.15) is 5.75 Å². The minimum Gasteiger partial charge on any atom is -0.493 e. The molecule has 0 aromatic heterocycles. The number of nitrogen functional groups attached to an aromatic ring is 1. The molecule has 0 aliphatic heterocycles. The van der Waals surface area contributed by atoms with E-state index in [9.17, 15) is 0 Å². The molecule has 2 nitrogen and oxygen atoms in total. The van der Waals surface area contributed by atoms with Crippen molar-refractivity contribution >= 4 is 27.2 Å².